The predicted octanol–water partition coefficient (Wildman–Crippen LogP) is 6.49. The largest absolute Gasteiger partial charge is 0.493 e. The summed E-state index contributed by atoms with van der Waals surface area (Å²) in [6, 6.07) is 27.4. The van der Waals surface area contributed by atoms with Crippen LogP contribution in [0.3, 0.4) is 0 Å². The van der Waals surface area contributed by atoms with Gasteiger partial charge in [-0.3, -0.25) is 4.79 Å². The van der Waals surface area contributed by atoms with Gasteiger partial charge >= 0.3 is 5.97 Å². The molecule has 0 saturated heterocycles. The van der Waals surface area contributed by atoms with Crippen molar-refractivity contribution in [3.05, 3.63) is 114 Å². The molecule has 0 aromatic heterocycles. The molecule has 0 bridgehead atoms. The van der Waals surface area contributed by atoms with Crippen molar-refractivity contribution in [3.63, 3.8) is 0 Å². The Morgan fingerprint density at radius 3 is 1.81 bits per heavy atom. The highest BCUT2D eigenvalue weighted by molar-refractivity contribution is 6.07. The first-order valence-electron chi connectivity index (χ1n) is 11.5. The lowest BCUT2D eigenvalue weighted by Gasteiger charge is -2.13. The van der Waals surface area contributed by atoms with Crippen molar-refractivity contribution in [2.75, 3.05) is 21.3 Å². The molecule has 0 aliphatic rings. The predicted molar refractivity (Wildman–Crippen MR) is 143 cm³/mol. The summed E-state index contributed by atoms with van der Waals surface area (Å²) < 4.78 is 21.4. The van der Waals surface area contributed by atoms with E-state index in [2.05, 4.69) is 0 Å². The van der Waals surface area contributed by atoms with Crippen molar-refractivity contribution >= 4 is 17.8 Å². The van der Waals surface area contributed by atoms with Gasteiger partial charge in [0.15, 0.2) is 17.3 Å². The third-order valence-corrected chi connectivity index (χ3v) is 5.69. The molecule has 4 aromatic rings. The Balaban J connectivity index is 1.40. The molecule has 0 saturated carbocycles. The Morgan fingerprint density at radius 2 is 1.24 bits per heavy atom. The maximum atomic E-state index is 12.7. The highest BCUT2D eigenvalue weighted by atomic mass is 16.5. The molecule has 0 fully saturated rings. The maximum Gasteiger partial charge on any atom is 0.343 e. The van der Waals surface area contributed by atoms with Gasteiger partial charge in [-0.25, -0.2) is 4.79 Å². The molecule has 37 heavy (non-hydrogen) atoms. The number of esters is 1. The summed E-state index contributed by atoms with van der Waals surface area (Å²) in [5, 5.41) is 0. The molecule has 0 radical (unpaired) electrons. The first kappa shape index (κ1) is 25.3. The average Bonchev–Trinajstić information content (AvgIpc) is 2.96. The van der Waals surface area contributed by atoms with Crippen LogP contribution in [0, 0.1) is 0 Å². The van der Waals surface area contributed by atoms with Gasteiger partial charge in [0.2, 0.25) is 5.75 Å². The molecule has 6 nitrogen and oxygen atoms in total. The molecule has 0 amide bonds. The Kier molecular flexibility index (Phi) is 8.01. The van der Waals surface area contributed by atoms with Crippen LogP contribution in [0.4, 0.5) is 0 Å². The van der Waals surface area contributed by atoms with E-state index >= 15 is 0 Å². The molecule has 4 rings (SSSR count). The fourth-order valence-corrected chi connectivity index (χ4v) is 3.74. The minimum atomic E-state index is -0.573. The number of ether oxygens (including phenoxy) is 4. The number of benzene rings is 4. The molecule has 0 aliphatic heterocycles. The van der Waals surface area contributed by atoms with Gasteiger partial charge in [-0.2, -0.15) is 0 Å². The molecule has 186 valence electrons. The second-order valence-electron chi connectivity index (χ2n) is 8.01. The lowest BCUT2D eigenvalue weighted by molar-refractivity contribution is 0.0733. The number of allylic oxidation sites excluding steroid dienone is 1. The Labute approximate surface area is 215 Å². The number of rotatable bonds is 9. The van der Waals surface area contributed by atoms with E-state index in [1.807, 2.05) is 54.6 Å². The summed E-state index contributed by atoms with van der Waals surface area (Å²) in [6.45, 7) is 0. The second kappa shape index (κ2) is 11.7. The summed E-state index contributed by atoms with van der Waals surface area (Å²) in [5.41, 5.74) is 3.80. The molecule has 0 unspecified atom stereocenters. The van der Waals surface area contributed by atoms with Crippen molar-refractivity contribution < 1.29 is 28.5 Å². The SMILES string of the molecule is COc1cc(C(=O)Oc2ccc(/C=C/C(=O)c3ccc(-c4ccccc4)cc3)cc2)cc(OC)c1OC. The van der Waals surface area contributed by atoms with Crippen LogP contribution in [0.25, 0.3) is 17.2 Å². The van der Waals surface area contributed by atoms with Crippen molar-refractivity contribution in [3.8, 4) is 34.1 Å². The molecule has 4 aromatic carbocycles. The zero-order valence-electron chi connectivity index (χ0n) is 20.8. The van der Waals surface area contributed by atoms with Crippen LogP contribution in [0.5, 0.6) is 23.0 Å². The van der Waals surface area contributed by atoms with Crippen molar-refractivity contribution in [1.82, 2.24) is 0 Å². The van der Waals surface area contributed by atoms with Crippen LogP contribution in [0.1, 0.15) is 26.3 Å². The highest BCUT2D eigenvalue weighted by Gasteiger charge is 2.18. The van der Waals surface area contributed by atoms with Crippen LogP contribution >= 0.6 is 0 Å². The summed E-state index contributed by atoms with van der Waals surface area (Å²) in [4.78, 5) is 25.3. The average molecular weight is 495 g/mol. The Hall–Kier alpha value is -4.84. The van der Waals surface area contributed by atoms with Gasteiger partial charge in [-0.15, -0.1) is 0 Å². The number of hydrogen-bond donors (Lipinski definition) is 0. The number of carbonyl (C=O) groups is 2. The molecule has 6 heteroatoms. The van der Waals surface area contributed by atoms with Crippen LogP contribution in [0.15, 0.2) is 97.1 Å². The smallest absolute Gasteiger partial charge is 0.343 e. The molecule has 0 N–H and O–H groups in total. The molecule has 0 spiro atoms. The van der Waals surface area contributed by atoms with E-state index in [-0.39, 0.29) is 11.3 Å². The fraction of sp³-hybridized carbons (Fsp3) is 0.0968. The fourth-order valence-electron chi connectivity index (χ4n) is 3.74. The summed E-state index contributed by atoms with van der Waals surface area (Å²) in [7, 11) is 4.44. The first-order valence-corrected chi connectivity index (χ1v) is 11.5. The number of hydrogen-bond acceptors (Lipinski definition) is 6. The van der Waals surface area contributed by atoms with Crippen molar-refractivity contribution in [2.24, 2.45) is 0 Å². The van der Waals surface area contributed by atoms with E-state index in [4.69, 9.17) is 18.9 Å². The Bertz CT molecular complexity index is 1380. The molecular formula is C31H26O6. The van der Waals surface area contributed by atoms with Crippen LogP contribution in [0.2, 0.25) is 0 Å². The summed E-state index contributed by atoms with van der Waals surface area (Å²) in [6.07, 6.45) is 3.24. The normalized spacial score (nSPS) is 10.7. The summed E-state index contributed by atoms with van der Waals surface area (Å²) in [5.74, 6) is 0.787. The van der Waals surface area contributed by atoms with Gasteiger partial charge in [-0.05, 0) is 47.0 Å². The lowest BCUT2D eigenvalue weighted by atomic mass is 10.0. The number of methoxy groups -OCH3 is 3. The van der Waals surface area contributed by atoms with Gasteiger partial charge < -0.3 is 18.9 Å². The quantitative estimate of drug-likeness (QED) is 0.115. The standard InChI is InChI=1S/C31H26O6/c1-34-28-19-25(20-29(35-2)30(28)36-3)31(33)37-26-16-9-21(10-17-26)11-18-27(32)24-14-12-23(13-15-24)22-7-5-4-6-8-22/h4-20H,1-3H3/b18-11+. The lowest BCUT2D eigenvalue weighted by Crippen LogP contribution is -2.09. The van der Waals surface area contributed by atoms with Crippen LogP contribution in [-0.4, -0.2) is 33.1 Å². The van der Waals surface area contributed by atoms with Gasteiger partial charge in [-0.1, -0.05) is 72.8 Å². The van der Waals surface area contributed by atoms with Gasteiger partial charge in [0, 0.05) is 5.56 Å². The zero-order valence-corrected chi connectivity index (χ0v) is 20.8. The van der Waals surface area contributed by atoms with Gasteiger partial charge in [0.25, 0.3) is 0 Å². The minimum absolute atomic E-state index is 0.0995. The van der Waals surface area contributed by atoms with E-state index in [9.17, 15) is 9.59 Å². The number of carbonyl (C=O) groups excluding carboxylic acids is 2. The van der Waals surface area contributed by atoms with E-state index in [0.29, 0.717) is 28.6 Å². The van der Waals surface area contributed by atoms with E-state index in [1.54, 1.807) is 30.3 Å². The molecule has 0 heterocycles. The van der Waals surface area contributed by atoms with E-state index in [0.717, 1.165) is 16.7 Å². The second-order valence-corrected chi connectivity index (χ2v) is 8.01. The number of ketones is 1. The Morgan fingerprint density at radius 1 is 0.649 bits per heavy atom. The monoisotopic (exact) mass is 494 g/mol. The minimum Gasteiger partial charge on any atom is -0.493 e. The van der Waals surface area contributed by atoms with Gasteiger partial charge in [0.1, 0.15) is 5.75 Å². The van der Waals surface area contributed by atoms with Gasteiger partial charge in [0.05, 0.1) is 26.9 Å². The zero-order chi connectivity index (χ0) is 26.2. The third kappa shape index (κ3) is 6.05. The molecule has 0 aliphatic carbocycles. The highest BCUT2D eigenvalue weighted by Crippen LogP contribution is 2.38. The van der Waals surface area contributed by atoms with E-state index < -0.39 is 5.97 Å². The summed E-state index contributed by atoms with van der Waals surface area (Å²) >= 11 is 0. The van der Waals surface area contributed by atoms with Crippen LogP contribution < -0.4 is 18.9 Å². The van der Waals surface area contributed by atoms with E-state index in [1.165, 1.54) is 39.5 Å². The topological polar surface area (TPSA) is 71.1 Å². The third-order valence-electron chi connectivity index (χ3n) is 5.69. The maximum absolute atomic E-state index is 12.7. The molecule has 0 atom stereocenters. The van der Waals surface area contributed by atoms with Crippen molar-refractivity contribution in [1.29, 1.82) is 0 Å². The van der Waals surface area contributed by atoms with Crippen molar-refractivity contribution in [2.45, 2.75) is 0 Å². The van der Waals surface area contributed by atoms with Crippen LogP contribution in [-0.2, 0) is 0 Å². The molecular weight excluding hydrogens is 468 g/mol. The first-order chi connectivity index (χ1) is 18.0.